The van der Waals surface area contributed by atoms with Gasteiger partial charge in [-0.1, -0.05) is 17.7 Å². The maximum atomic E-state index is 14.2. The first-order valence-corrected chi connectivity index (χ1v) is 15.7. The molecule has 53 heavy (non-hydrogen) atoms. The first-order valence-electron chi connectivity index (χ1n) is 15.4. The number of halogens is 9. The zero-order chi connectivity index (χ0) is 40.1. The summed E-state index contributed by atoms with van der Waals surface area (Å²) in [6, 6.07) is 5.66. The van der Waals surface area contributed by atoms with Crippen LogP contribution in [0.3, 0.4) is 0 Å². The molecule has 0 atom stereocenters. The molecule has 0 unspecified atom stereocenters. The molecule has 2 heterocycles. The summed E-state index contributed by atoms with van der Waals surface area (Å²) in [6.45, 7) is 6.62. The van der Waals surface area contributed by atoms with E-state index in [9.17, 15) is 54.8 Å². The zero-order valence-corrected chi connectivity index (χ0v) is 29.5. The minimum Gasteiger partial charge on any atom is -0.459 e. The molecule has 1 amide bonds. The second kappa shape index (κ2) is 13.8. The lowest BCUT2D eigenvalue weighted by Gasteiger charge is -2.29. The first-order chi connectivity index (χ1) is 24.1. The van der Waals surface area contributed by atoms with Crippen LogP contribution in [0.4, 0.5) is 39.9 Å². The standard InChI is InChI=1S/C32H31ClF8N6O6/c1-27(2,3)53-25(49)28(4,5)15-51-26(50)52-16-46(29(14-42)9-10-29)24(48)19-11-17(7-8-20(19)33)18-12-43-47(13-18)23-21(31(36,37)38)22(44-45(23)6)30(34,35)32(39,40)41/h7-8,11-13H,9-10,15-16H2,1-6H3. The SMILES string of the molecule is Cn1nc(C(F)(F)C(F)(F)F)c(C(F)(F)F)c1-n1cc(-c2ccc(Cl)c(C(=O)N(COC(=O)OCC(C)(C)C(=O)OC(C)(C)C)C3(C#N)CC3)c2)cn1. The average Bonchev–Trinajstić information content (AvgIpc) is 3.49. The quantitative estimate of drug-likeness (QED) is 0.116. The van der Waals surface area contributed by atoms with Gasteiger partial charge in [0.25, 0.3) is 5.91 Å². The fourth-order valence-corrected chi connectivity index (χ4v) is 5.00. The van der Waals surface area contributed by atoms with Crippen LogP contribution in [0.1, 0.15) is 69.1 Å². The lowest BCUT2D eigenvalue weighted by Crippen LogP contribution is -2.44. The number of benzene rings is 1. The minimum atomic E-state index is -6.40. The molecular weight excluding hydrogens is 752 g/mol. The molecule has 12 nitrogen and oxygen atoms in total. The summed E-state index contributed by atoms with van der Waals surface area (Å²) in [5.41, 5.74) is -8.72. The van der Waals surface area contributed by atoms with Crippen LogP contribution in [0.2, 0.25) is 5.02 Å². The number of hydrogen-bond acceptors (Lipinski definition) is 9. The van der Waals surface area contributed by atoms with Crippen molar-refractivity contribution in [2.24, 2.45) is 12.5 Å². The Bertz CT molecular complexity index is 1950. The van der Waals surface area contributed by atoms with Crippen molar-refractivity contribution in [3.8, 4) is 23.0 Å². The van der Waals surface area contributed by atoms with E-state index in [2.05, 4.69) is 10.2 Å². The highest BCUT2D eigenvalue weighted by Gasteiger charge is 2.64. The van der Waals surface area contributed by atoms with Crippen molar-refractivity contribution in [3.63, 3.8) is 0 Å². The number of hydrogen-bond donors (Lipinski definition) is 0. The molecule has 1 saturated carbocycles. The smallest absolute Gasteiger partial charge is 0.459 e. The predicted molar refractivity (Wildman–Crippen MR) is 166 cm³/mol. The van der Waals surface area contributed by atoms with Crippen LogP contribution in [0.25, 0.3) is 16.9 Å². The van der Waals surface area contributed by atoms with Crippen LogP contribution in [0.15, 0.2) is 30.6 Å². The van der Waals surface area contributed by atoms with Crippen LogP contribution in [0, 0.1) is 16.7 Å². The number of alkyl halides is 8. The molecule has 4 rings (SSSR count). The Hall–Kier alpha value is -4.93. The molecule has 0 radical (unpaired) electrons. The van der Waals surface area contributed by atoms with E-state index in [4.69, 9.17) is 25.8 Å². The third kappa shape index (κ3) is 8.50. The molecule has 1 aliphatic rings. The number of nitrogens with zero attached hydrogens (tertiary/aromatic N) is 6. The highest BCUT2D eigenvalue weighted by molar-refractivity contribution is 6.34. The van der Waals surface area contributed by atoms with Crippen LogP contribution < -0.4 is 0 Å². The van der Waals surface area contributed by atoms with Gasteiger partial charge in [0.05, 0.1) is 28.3 Å². The van der Waals surface area contributed by atoms with Gasteiger partial charge in [0, 0.05) is 18.8 Å². The fraction of sp³-hybridized carbons (Fsp3) is 0.500. The van der Waals surface area contributed by atoms with Crippen molar-refractivity contribution in [2.75, 3.05) is 13.3 Å². The number of amides is 1. The number of esters is 1. The van der Waals surface area contributed by atoms with Gasteiger partial charge < -0.3 is 14.2 Å². The number of ether oxygens (including phenoxy) is 3. The Morgan fingerprint density at radius 3 is 2.15 bits per heavy atom. The number of carbonyl (C=O) groups is 3. The normalized spacial score (nSPS) is 14.7. The summed E-state index contributed by atoms with van der Waals surface area (Å²) < 4.78 is 126. The molecule has 21 heteroatoms. The molecule has 0 spiro atoms. The summed E-state index contributed by atoms with van der Waals surface area (Å²) in [7, 11) is 0.720. The van der Waals surface area contributed by atoms with Crippen molar-refractivity contribution in [3.05, 3.63) is 52.4 Å². The third-order valence-corrected chi connectivity index (χ3v) is 8.12. The maximum absolute atomic E-state index is 14.2. The molecule has 0 saturated heterocycles. The van der Waals surface area contributed by atoms with Crippen molar-refractivity contribution in [2.45, 2.75) is 76.9 Å². The van der Waals surface area contributed by atoms with Crippen LogP contribution >= 0.6 is 11.6 Å². The lowest BCUT2D eigenvalue weighted by molar-refractivity contribution is -0.292. The summed E-state index contributed by atoms with van der Waals surface area (Å²) in [5, 5.41) is 16.3. The van der Waals surface area contributed by atoms with Crippen LogP contribution in [0.5, 0.6) is 0 Å². The van der Waals surface area contributed by atoms with Crippen molar-refractivity contribution in [1.82, 2.24) is 24.5 Å². The van der Waals surface area contributed by atoms with Gasteiger partial charge in [0.2, 0.25) is 0 Å². The molecule has 3 aromatic rings. The highest BCUT2D eigenvalue weighted by Crippen LogP contribution is 2.49. The van der Waals surface area contributed by atoms with Gasteiger partial charge in [-0.2, -0.15) is 50.6 Å². The van der Waals surface area contributed by atoms with E-state index in [-0.39, 0.29) is 39.2 Å². The summed E-state index contributed by atoms with van der Waals surface area (Å²) in [5.74, 6) is -8.82. The molecule has 0 bridgehead atoms. The van der Waals surface area contributed by atoms with Gasteiger partial charge in [0.1, 0.15) is 23.3 Å². The van der Waals surface area contributed by atoms with Crippen molar-refractivity contribution < 1.29 is 63.7 Å². The van der Waals surface area contributed by atoms with E-state index in [0.717, 1.165) is 30.4 Å². The van der Waals surface area contributed by atoms with E-state index in [1.807, 2.05) is 6.07 Å². The second-order valence-corrected chi connectivity index (χ2v) is 14.1. The van der Waals surface area contributed by atoms with Crippen molar-refractivity contribution >= 4 is 29.6 Å². The molecule has 0 N–H and O–H groups in total. The number of nitriles is 1. The monoisotopic (exact) mass is 782 g/mol. The number of aromatic nitrogens is 4. The van der Waals surface area contributed by atoms with Gasteiger partial charge in [-0.15, -0.1) is 0 Å². The fourth-order valence-electron chi connectivity index (χ4n) is 4.81. The Balaban J connectivity index is 1.61. The Morgan fingerprint density at radius 1 is 1.00 bits per heavy atom. The van der Waals surface area contributed by atoms with E-state index >= 15 is 0 Å². The summed E-state index contributed by atoms with van der Waals surface area (Å²) in [6.07, 6.45) is -11.2. The van der Waals surface area contributed by atoms with Gasteiger partial charge in [0.15, 0.2) is 18.2 Å². The highest BCUT2D eigenvalue weighted by atomic mass is 35.5. The molecule has 0 aliphatic heterocycles. The number of aryl methyl sites for hydroxylation is 1. The summed E-state index contributed by atoms with van der Waals surface area (Å²) >= 11 is 6.32. The lowest BCUT2D eigenvalue weighted by atomic mass is 9.95. The largest absolute Gasteiger partial charge is 0.510 e. The van der Waals surface area contributed by atoms with Gasteiger partial charge in [-0.3, -0.25) is 14.5 Å². The second-order valence-electron chi connectivity index (χ2n) is 13.7. The molecule has 2 aromatic heterocycles. The Kier molecular flexibility index (Phi) is 10.6. The van der Waals surface area contributed by atoms with E-state index in [1.165, 1.54) is 26.0 Å². The Labute approximate surface area is 301 Å². The van der Waals surface area contributed by atoms with Gasteiger partial charge in [-0.05, 0) is 65.2 Å². The third-order valence-electron chi connectivity index (χ3n) is 7.79. The molecule has 288 valence electrons. The molecule has 1 aliphatic carbocycles. The Morgan fingerprint density at radius 2 is 1.62 bits per heavy atom. The first kappa shape index (κ1) is 40.8. The minimum absolute atomic E-state index is 0.0467. The zero-order valence-electron chi connectivity index (χ0n) is 28.7. The molecular formula is C32H31ClF8N6O6. The van der Waals surface area contributed by atoms with E-state index in [0.29, 0.717) is 4.68 Å². The summed E-state index contributed by atoms with van der Waals surface area (Å²) in [4.78, 5) is 39.7. The van der Waals surface area contributed by atoms with Crippen LogP contribution in [-0.2, 0) is 38.2 Å². The van der Waals surface area contributed by atoms with Crippen molar-refractivity contribution in [1.29, 1.82) is 5.26 Å². The van der Waals surface area contributed by atoms with E-state index < -0.39 is 83.3 Å². The molecule has 1 fully saturated rings. The van der Waals surface area contributed by atoms with Gasteiger partial charge in [-0.25, -0.2) is 14.2 Å². The predicted octanol–water partition coefficient (Wildman–Crippen LogP) is 7.58. The average molecular weight is 783 g/mol. The van der Waals surface area contributed by atoms with Gasteiger partial charge >= 0.3 is 30.4 Å². The maximum Gasteiger partial charge on any atom is 0.510 e. The topological polar surface area (TPSA) is 142 Å². The number of carbonyl (C=O) groups excluding carboxylic acids is 3. The van der Waals surface area contributed by atoms with E-state index in [1.54, 1.807) is 20.8 Å². The van der Waals surface area contributed by atoms with Crippen LogP contribution in [-0.4, -0.2) is 73.1 Å². The number of rotatable bonds is 10. The molecule has 1 aromatic carbocycles.